The lowest BCUT2D eigenvalue weighted by atomic mass is 10.0. The molecule has 1 fully saturated rings. The highest BCUT2D eigenvalue weighted by molar-refractivity contribution is 6.12. The molecule has 1 amide bonds. The topological polar surface area (TPSA) is 63.7 Å². The average Bonchev–Trinajstić information content (AvgIpc) is 2.79. The quantitative estimate of drug-likeness (QED) is 0.694. The van der Waals surface area contributed by atoms with E-state index in [0.717, 1.165) is 29.5 Å². The Labute approximate surface area is 170 Å². The second kappa shape index (κ2) is 8.39. The van der Waals surface area contributed by atoms with Gasteiger partial charge in [0.2, 0.25) is 0 Å². The van der Waals surface area contributed by atoms with Crippen LogP contribution < -0.4 is 19.7 Å². The van der Waals surface area contributed by atoms with Crippen LogP contribution in [-0.2, 0) is 0 Å². The Balaban J connectivity index is 1.67. The molecule has 2 heterocycles. The molecule has 1 aromatic heterocycles. The van der Waals surface area contributed by atoms with E-state index < -0.39 is 0 Å². The number of nitrogens with one attached hydrogen (secondary N) is 1. The Hall–Kier alpha value is -3.28. The molecule has 1 aliphatic rings. The van der Waals surface area contributed by atoms with E-state index in [-0.39, 0.29) is 5.91 Å². The number of hydrogen-bond donors (Lipinski definition) is 1. The van der Waals surface area contributed by atoms with Gasteiger partial charge in [-0.25, -0.2) is 0 Å². The van der Waals surface area contributed by atoms with Gasteiger partial charge >= 0.3 is 0 Å². The number of nitrogens with zero attached hydrogens (tertiary/aromatic N) is 2. The van der Waals surface area contributed by atoms with Gasteiger partial charge in [0.25, 0.3) is 5.91 Å². The van der Waals surface area contributed by atoms with E-state index in [4.69, 9.17) is 9.47 Å². The van der Waals surface area contributed by atoms with Crippen LogP contribution in [0.3, 0.4) is 0 Å². The number of anilines is 2. The molecule has 0 atom stereocenters. The van der Waals surface area contributed by atoms with E-state index in [1.165, 1.54) is 32.1 Å². The fourth-order valence-corrected chi connectivity index (χ4v) is 3.87. The number of carbonyl (C=O) groups excluding carboxylic acids is 1. The maximum absolute atomic E-state index is 13.0. The molecule has 2 aromatic carbocycles. The van der Waals surface area contributed by atoms with Crippen LogP contribution in [0.15, 0.2) is 48.8 Å². The number of methoxy groups -OCH3 is 2. The molecule has 1 saturated heterocycles. The second-order valence-corrected chi connectivity index (χ2v) is 7.12. The Morgan fingerprint density at radius 1 is 1.00 bits per heavy atom. The van der Waals surface area contributed by atoms with Crippen molar-refractivity contribution >= 4 is 28.1 Å². The third kappa shape index (κ3) is 3.83. The van der Waals surface area contributed by atoms with Gasteiger partial charge in [-0.05, 0) is 49.6 Å². The van der Waals surface area contributed by atoms with Crippen LogP contribution in [0.1, 0.15) is 29.6 Å². The third-order valence-corrected chi connectivity index (χ3v) is 5.39. The predicted octanol–water partition coefficient (Wildman–Crippen LogP) is 4.49. The number of aromatic nitrogens is 1. The molecule has 3 aromatic rings. The summed E-state index contributed by atoms with van der Waals surface area (Å²) in [5, 5.41) is 5.05. The van der Waals surface area contributed by atoms with Crippen molar-refractivity contribution in [2.45, 2.75) is 19.3 Å². The summed E-state index contributed by atoms with van der Waals surface area (Å²) in [6.45, 7) is 2.12. The van der Waals surface area contributed by atoms with E-state index in [1.54, 1.807) is 31.5 Å². The Morgan fingerprint density at radius 2 is 1.83 bits per heavy atom. The lowest BCUT2D eigenvalue weighted by Gasteiger charge is -2.30. The molecule has 6 nitrogen and oxygen atoms in total. The number of fused-ring (bicyclic) bond motifs is 1. The largest absolute Gasteiger partial charge is 0.497 e. The summed E-state index contributed by atoms with van der Waals surface area (Å²) in [6.07, 6.45) is 7.32. The zero-order valence-corrected chi connectivity index (χ0v) is 16.8. The summed E-state index contributed by atoms with van der Waals surface area (Å²) in [5.41, 5.74) is 2.38. The first kappa shape index (κ1) is 19.1. The number of ether oxygens (including phenoxy) is 2. The fraction of sp³-hybridized carbons (Fsp3) is 0.304. The van der Waals surface area contributed by atoms with Crippen molar-refractivity contribution in [1.82, 2.24) is 4.98 Å². The van der Waals surface area contributed by atoms with Gasteiger partial charge in [0, 0.05) is 48.0 Å². The van der Waals surface area contributed by atoms with Crippen LogP contribution >= 0.6 is 0 Å². The first-order valence-electron chi connectivity index (χ1n) is 9.86. The number of pyridine rings is 1. The predicted molar refractivity (Wildman–Crippen MR) is 115 cm³/mol. The number of piperidine rings is 1. The van der Waals surface area contributed by atoms with Gasteiger partial charge < -0.3 is 19.7 Å². The SMILES string of the molecule is COc1ccc(C(=O)Nc2ccc(N3CCCCC3)c3ccncc23)c(OC)c1. The number of hydrogen-bond acceptors (Lipinski definition) is 5. The minimum atomic E-state index is -0.236. The van der Waals surface area contributed by atoms with Crippen LogP contribution in [0.2, 0.25) is 0 Å². The van der Waals surface area contributed by atoms with Crippen molar-refractivity contribution in [3.8, 4) is 11.5 Å². The highest BCUT2D eigenvalue weighted by Gasteiger charge is 2.18. The second-order valence-electron chi connectivity index (χ2n) is 7.12. The molecule has 1 aliphatic heterocycles. The van der Waals surface area contributed by atoms with Gasteiger partial charge in [0.05, 0.1) is 25.5 Å². The minimum Gasteiger partial charge on any atom is -0.497 e. The Morgan fingerprint density at radius 3 is 2.59 bits per heavy atom. The maximum Gasteiger partial charge on any atom is 0.259 e. The van der Waals surface area contributed by atoms with Gasteiger partial charge in [-0.3, -0.25) is 9.78 Å². The first-order valence-corrected chi connectivity index (χ1v) is 9.86. The van der Waals surface area contributed by atoms with Crippen molar-refractivity contribution in [3.05, 3.63) is 54.4 Å². The van der Waals surface area contributed by atoms with Crippen molar-refractivity contribution < 1.29 is 14.3 Å². The van der Waals surface area contributed by atoms with Gasteiger partial charge in [0.15, 0.2) is 0 Å². The molecule has 6 heteroatoms. The number of amides is 1. The van der Waals surface area contributed by atoms with Crippen LogP contribution in [0, 0.1) is 0 Å². The van der Waals surface area contributed by atoms with Gasteiger partial charge in [0.1, 0.15) is 11.5 Å². The van der Waals surface area contributed by atoms with Crippen LogP contribution in [0.25, 0.3) is 10.8 Å². The number of rotatable bonds is 5. The maximum atomic E-state index is 13.0. The number of carbonyl (C=O) groups is 1. The summed E-state index contributed by atoms with van der Waals surface area (Å²) < 4.78 is 10.6. The van der Waals surface area contributed by atoms with Crippen molar-refractivity contribution in [2.24, 2.45) is 0 Å². The summed E-state index contributed by atoms with van der Waals surface area (Å²) in [4.78, 5) is 19.7. The molecule has 29 heavy (non-hydrogen) atoms. The summed E-state index contributed by atoms with van der Waals surface area (Å²) in [6, 6.07) is 11.2. The lowest BCUT2D eigenvalue weighted by Crippen LogP contribution is -2.29. The molecule has 1 N–H and O–H groups in total. The molecule has 0 spiro atoms. The molecule has 0 aliphatic carbocycles. The van der Waals surface area contributed by atoms with Crippen molar-refractivity contribution in [1.29, 1.82) is 0 Å². The molecule has 0 unspecified atom stereocenters. The number of benzene rings is 2. The van der Waals surface area contributed by atoms with Gasteiger partial charge in [-0.2, -0.15) is 0 Å². The summed E-state index contributed by atoms with van der Waals surface area (Å²) in [5.74, 6) is 0.869. The van der Waals surface area contributed by atoms with E-state index in [0.29, 0.717) is 17.1 Å². The normalized spacial score (nSPS) is 13.9. The lowest BCUT2D eigenvalue weighted by molar-refractivity contribution is 0.102. The monoisotopic (exact) mass is 391 g/mol. The van der Waals surface area contributed by atoms with Gasteiger partial charge in [-0.15, -0.1) is 0 Å². The van der Waals surface area contributed by atoms with E-state index in [1.807, 2.05) is 18.3 Å². The van der Waals surface area contributed by atoms with Crippen molar-refractivity contribution in [2.75, 3.05) is 37.5 Å². The summed E-state index contributed by atoms with van der Waals surface area (Å²) in [7, 11) is 3.12. The van der Waals surface area contributed by atoms with E-state index in [2.05, 4.69) is 21.3 Å². The minimum absolute atomic E-state index is 0.236. The van der Waals surface area contributed by atoms with Crippen LogP contribution in [-0.4, -0.2) is 38.2 Å². The van der Waals surface area contributed by atoms with Crippen LogP contribution in [0.5, 0.6) is 11.5 Å². The first-order chi connectivity index (χ1) is 14.2. The zero-order chi connectivity index (χ0) is 20.2. The van der Waals surface area contributed by atoms with E-state index in [9.17, 15) is 4.79 Å². The highest BCUT2D eigenvalue weighted by Crippen LogP contribution is 2.34. The molecular weight excluding hydrogens is 366 g/mol. The van der Waals surface area contributed by atoms with Crippen LogP contribution in [0.4, 0.5) is 11.4 Å². The Kier molecular flexibility index (Phi) is 5.51. The van der Waals surface area contributed by atoms with Gasteiger partial charge in [-0.1, -0.05) is 0 Å². The van der Waals surface area contributed by atoms with Crippen molar-refractivity contribution in [3.63, 3.8) is 0 Å². The molecule has 150 valence electrons. The molecular formula is C23H25N3O3. The molecule has 4 rings (SSSR count). The standard InChI is InChI=1S/C23H25N3O3/c1-28-16-6-7-18(22(14-16)29-2)23(27)25-20-8-9-21(26-12-4-3-5-13-26)17-10-11-24-15-19(17)20/h6-11,14-15H,3-5,12-13H2,1-2H3,(H,25,27). The Bertz CT molecular complexity index is 1030. The molecule has 0 saturated carbocycles. The summed E-state index contributed by atoms with van der Waals surface area (Å²) >= 11 is 0. The average molecular weight is 391 g/mol. The fourth-order valence-electron chi connectivity index (χ4n) is 3.87. The zero-order valence-electron chi connectivity index (χ0n) is 16.8. The molecule has 0 bridgehead atoms. The third-order valence-electron chi connectivity index (χ3n) is 5.39. The molecule has 0 radical (unpaired) electrons. The van der Waals surface area contributed by atoms with E-state index >= 15 is 0 Å². The smallest absolute Gasteiger partial charge is 0.259 e. The highest BCUT2D eigenvalue weighted by atomic mass is 16.5.